The van der Waals surface area contributed by atoms with Gasteiger partial charge in [0.15, 0.2) is 0 Å². The summed E-state index contributed by atoms with van der Waals surface area (Å²) < 4.78 is 14.0. The van der Waals surface area contributed by atoms with Gasteiger partial charge < -0.3 is 4.90 Å². The van der Waals surface area contributed by atoms with Crippen molar-refractivity contribution < 1.29 is 14.0 Å². The summed E-state index contributed by atoms with van der Waals surface area (Å²) in [5.41, 5.74) is 0.232. The zero-order chi connectivity index (χ0) is 15.1. The standard InChI is InChI=1S/C15H17BrFNO2/c1-15(2,3)9(7-16)8-18-12-10(13(19)14(18)20)5-4-6-11(12)17/h4-6,9H,7-8H2,1-3H3. The smallest absolute Gasteiger partial charge is 0.299 e. The molecule has 2 rings (SSSR count). The van der Waals surface area contributed by atoms with E-state index in [0.717, 1.165) is 0 Å². The van der Waals surface area contributed by atoms with E-state index in [1.165, 1.54) is 23.1 Å². The Morgan fingerprint density at radius 2 is 1.95 bits per heavy atom. The van der Waals surface area contributed by atoms with Gasteiger partial charge in [0, 0.05) is 11.9 Å². The fourth-order valence-corrected chi connectivity index (χ4v) is 3.44. The predicted molar refractivity (Wildman–Crippen MR) is 79.8 cm³/mol. The molecule has 5 heteroatoms. The average Bonchev–Trinajstić information content (AvgIpc) is 2.60. The Balaban J connectivity index is 2.40. The van der Waals surface area contributed by atoms with Gasteiger partial charge in [0.25, 0.3) is 11.7 Å². The van der Waals surface area contributed by atoms with E-state index in [0.29, 0.717) is 11.9 Å². The first-order valence-corrected chi connectivity index (χ1v) is 7.60. The molecule has 0 spiro atoms. The lowest BCUT2D eigenvalue weighted by Gasteiger charge is -2.32. The van der Waals surface area contributed by atoms with E-state index < -0.39 is 17.5 Å². The van der Waals surface area contributed by atoms with Gasteiger partial charge in [-0.2, -0.15) is 0 Å². The monoisotopic (exact) mass is 341 g/mol. The molecule has 0 N–H and O–H groups in total. The highest BCUT2D eigenvalue weighted by Crippen LogP contribution is 2.35. The van der Waals surface area contributed by atoms with Crippen molar-refractivity contribution in [3.8, 4) is 0 Å². The number of fused-ring (bicyclic) bond motifs is 1. The van der Waals surface area contributed by atoms with E-state index in [-0.39, 0.29) is 22.6 Å². The topological polar surface area (TPSA) is 37.4 Å². The van der Waals surface area contributed by atoms with Crippen LogP contribution in [-0.4, -0.2) is 23.6 Å². The van der Waals surface area contributed by atoms with Gasteiger partial charge >= 0.3 is 0 Å². The van der Waals surface area contributed by atoms with E-state index in [1.54, 1.807) is 0 Å². The number of halogens is 2. The van der Waals surface area contributed by atoms with E-state index >= 15 is 0 Å². The Morgan fingerprint density at radius 3 is 2.50 bits per heavy atom. The van der Waals surface area contributed by atoms with Gasteiger partial charge in [0.1, 0.15) is 5.82 Å². The third kappa shape index (κ3) is 2.51. The maximum atomic E-state index is 14.0. The number of ketones is 1. The fraction of sp³-hybridized carbons (Fsp3) is 0.467. The van der Waals surface area contributed by atoms with Crippen LogP contribution in [0.15, 0.2) is 18.2 Å². The Bertz CT molecular complexity index is 565. The van der Waals surface area contributed by atoms with Gasteiger partial charge in [0.2, 0.25) is 0 Å². The Hall–Kier alpha value is -1.23. The van der Waals surface area contributed by atoms with Crippen LogP contribution < -0.4 is 4.90 Å². The number of carbonyl (C=O) groups excluding carboxylic acids is 2. The molecule has 1 aromatic carbocycles. The molecule has 0 bridgehead atoms. The van der Waals surface area contributed by atoms with E-state index in [1.807, 2.05) is 0 Å². The summed E-state index contributed by atoms with van der Waals surface area (Å²) >= 11 is 3.44. The van der Waals surface area contributed by atoms with Crippen LogP contribution in [0.2, 0.25) is 0 Å². The first-order chi connectivity index (χ1) is 9.27. The number of carbonyl (C=O) groups is 2. The third-order valence-electron chi connectivity index (χ3n) is 3.75. The molecule has 108 valence electrons. The van der Waals surface area contributed by atoms with Crippen LogP contribution in [0.4, 0.5) is 10.1 Å². The molecule has 1 aromatic rings. The lowest BCUT2D eigenvalue weighted by molar-refractivity contribution is -0.114. The number of hydrogen-bond acceptors (Lipinski definition) is 2. The summed E-state index contributed by atoms with van der Waals surface area (Å²) in [5.74, 6) is -1.67. The number of anilines is 1. The lowest BCUT2D eigenvalue weighted by atomic mass is 9.82. The number of amides is 1. The molecule has 1 aliphatic heterocycles. The van der Waals surface area contributed by atoms with Gasteiger partial charge in [-0.1, -0.05) is 42.8 Å². The van der Waals surface area contributed by atoms with E-state index in [4.69, 9.17) is 0 Å². The van der Waals surface area contributed by atoms with Crippen molar-refractivity contribution in [3.63, 3.8) is 0 Å². The number of Topliss-reactive ketones (excluding diaryl/α,β-unsaturated/α-hetero) is 1. The van der Waals surface area contributed by atoms with Crippen molar-refractivity contribution in [2.45, 2.75) is 20.8 Å². The Labute approximate surface area is 126 Å². The van der Waals surface area contributed by atoms with Crippen LogP contribution in [0.1, 0.15) is 31.1 Å². The summed E-state index contributed by atoms with van der Waals surface area (Å²) in [4.78, 5) is 25.3. The lowest BCUT2D eigenvalue weighted by Crippen LogP contribution is -2.39. The second kappa shape index (κ2) is 5.28. The van der Waals surface area contributed by atoms with Crippen LogP contribution in [0.5, 0.6) is 0 Å². The number of rotatable bonds is 3. The van der Waals surface area contributed by atoms with Crippen molar-refractivity contribution >= 4 is 33.3 Å². The molecule has 20 heavy (non-hydrogen) atoms. The number of nitrogens with zero attached hydrogens (tertiary/aromatic N) is 1. The highest BCUT2D eigenvalue weighted by atomic mass is 79.9. The minimum Gasteiger partial charge on any atom is -0.302 e. The van der Waals surface area contributed by atoms with Gasteiger partial charge in [-0.25, -0.2) is 4.39 Å². The molecule has 0 aromatic heterocycles. The molecular formula is C15H17BrFNO2. The van der Waals surface area contributed by atoms with E-state index in [9.17, 15) is 14.0 Å². The van der Waals surface area contributed by atoms with E-state index in [2.05, 4.69) is 36.7 Å². The number of alkyl halides is 1. The fourth-order valence-electron chi connectivity index (χ4n) is 2.26. The first-order valence-electron chi connectivity index (χ1n) is 6.48. The predicted octanol–water partition coefficient (Wildman–Crippen LogP) is 3.41. The molecule has 1 aliphatic rings. The van der Waals surface area contributed by atoms with Crippen molar-refractivity contribution in [2.24, 2.45) is 11.3 Å². The van der Waals surface area contributed by atoms with Gasteiger partial charge in [-0.05, 0) is 23.5 Å². The molecule has 0 fully saturated rings. The molecule has 0 saturated carbocycles. The minimum atomic E-state index is -0.639. The molecular weight excluding hydrogens is 325 g/mol. The molecule has 3 nitrogen and oxygen atoms in total. The highest BCUT2D eigenvalue weighted by Gasteiger charge is 2.40. The number of benzene rings is 1. The average molecular weight is 342 g/mol. The maximum absolute atomic E-state index is 14.0. The SMILES string of the molecule is CC(C)(C)C(CBr)CN1C(=O)C(=O)c2cccc(F)c21. The molecule has 1 unspecified atom stereocenters. The van der Waals surface area contributed by atoms with Crippen molar-refractivity contribution in [1.29, 1.82) is 0 Å². The first kappa shape index (κ1) is 15.2. The highest BCUT2D eigenvalue weighted by molar-refractivity contribution is 9.09. The molecule has 0 aliphatic carbocycles. The van der Waals surface area contributed by atoms with Crippen molar-refractivity contribution in [1.82, 2.24) is 0 Å². The third-order valence-corrected chi connectivity index (χ3v) is 4.54. The van der Waals surface area contributed by atoms with Gasteiger partial charge in [0.05, 0.1) is 11.3 Å². The quantitative estimate of drug-likeness (QED) is 0.624. The molecule has 0 saturated heterocycles. The van der Waals surface area contributed by atoms with Crippen LogP contribution in [0.3, 0.4) is 0 Å². The summed E-state index contributed by atoms with van der Waals surface area (Å²) in [5, 5.41) is 0.679. The number of hydrogen-bond donors (Lipinski definition) is 0. The molecule has 1 amide bonds. The largest absolute Gasteiger partial charge is 0.302 e. The Kier molecular flexibility index (Phi) is 4.00. The maximum Gasteiger partial charge on any atom is 0.299 e. The second-order valence-corrected chi connectivity index (χ2v) is 6.75. The normalized spacial score (nSPS) is 16.6. The van der Waals surface area contributed by atoms with Crippen LogP contribution >= 0.6 is 15.9 Å². The summed E-state index contributed by atoms with van der Waals surface area (Å²) in [7, 11) is 0. The zero-order valence-corrected chi connectivity index (χ0v) is 13.3. The summed E-state index contributed by atoms with van der Waals surface area (Å²) in [6, 6.07) is 4.23. The van der Waals surface area contributed by atoms with Crippen molar-refractivity contribution in [2.75, 3.05) is 16.8 Å². The minimum absolute atomic E-state index is 0.0547. The second-order valence-electron chi connectivity index (χ2n) is 6.10. The summed E-state index contributed by atoms with van der Waals surface area (Å²) in [6.07, 6.45) is 0. The van der Waals surface area contributed by atoms with Crippen LogP contribution in [-0.2, 0) is 4.79 Å². The molecule has 1 atom stereocenters. The Morgan fingerprint density at radius 1 is 1.30 bits per heavy atom. The van der Waals surface area contributed by atoms with Crippen LogP contribution in [0, 0.1) is 17.2 Å². The van der Waals surface area contributed by atoms with Crippen LogP contribution in [0.25, 0.3) is 0 Å². The summed E-state index contributed by atoms with van der Waals surface area (Å²) in [6.45, 7) is 6.50. The van der Waals surface area contributed by atoms with Gasteiger partial charge in [-0.15, -0.1) is 0 Å². The van der Waals surface area contributed by atoms with Gasteiger partial charge in [-0.3, -0.25) is 9.59 Å². The van der Waals surface area contributed by atoms with Crippen molar-refractivity contribution in [3.05, 3.63) is 29.6 Å². The number of para-hydroxylation sites is 1. The molecule has 1 heterocycles. The molecule has 0 radical (unpaired) electrons. The zero-order valence-electron chi connectivity index (χ0n) is 11.7.